The van der Waals surface area contributed by atoms with Gasteiger partial charge in [-0.25, -0.2) is 4.39 Å². The maximum atomic E-state index is 13.8. The predicted molar refractivity (Wildman–Crippen MR) is 93.4 cm³/mol. The normalized spacial score (nSPS) is 20.3. The average molecular weight is 368 g/mol. The zero-order chi connectivity index (χ0) is 18.4. The number of amides is 1. The van der Waals surface area contributed by atoms with E-state index in [1.54, 1.807) is 15.6 Å². The van der Waals surface area contributed by atoms with Crippen LogP contribution in [0, 0.1) is 5.82 Å². The second-order valence-electron chi connectivity index (χ2n) is 6.63. The van der Waals surface area contributed by atoms with E-state index in [0.717, 1.165) is 5.69 Å². The molecule has 1 fully saturated rings. The van der Waals surface area contributed by atoms with E-state index in [9.17, 15) is 9.18 Å². The maximum Gasteiger partial charge on any atom is 0.292 e. The summed E-state index contributed by atoms with van der Waals surface area (Å²) in [7, 11) is 0. The van der Waals surface area contributed by atoms with Crippen molar-refractivity contribution in [3.05, 3.63) is 65.8 Å². The maximum absolute atomic E-state index is 13.8. The lowest BCUT2D eigenvalue weighted by atomic mass is 10.1. The molecule has 0 atom stereocenters. The summed E-state index contributed by atoms with van der Waals surface area (Å²) in [4.78, 5) is 14.6. The molecule has 8 heteroatoms. The van der Waals surface area contributed by atoms with Crippen molar-refractivity contribution in [3.63, 3.8) is 0 Å². The Balaban J connectivity index is 1.39. The van der Waals surface area contributed by atoms with Crippen LogP contribution in [0.3, 0.4) is 0 Å². The standard InChI is InChI=1S/C19H17FN4O3/c20-14-5-6-17-15(11-14)19(26-9-10-27-19)18(25)24(17)8-7-23-12-16(21-22-23)13-3-1-2-4-13/h1-6,11-13H,7-10H2. The minimum absolute atomic E-state index is 0.138. The highest BCUT2D eigenvalue weighted by Crippen LogP contribution is 2.45. The van der Waals surface area contributed by atoms with E-state index in [0.29, 0.717) is 37.6 Å². The summed E-state index contributed by atoms with van der Waals surface area (Å²) in [6.45, 7) is 1.39. The van der Waals surface area contributed by atoms with Crippen LogP contribution in [0.4, 0.5) is 10.1 Å². The lowest BCUT2D eigenvalue weighted by Crippen LogP contribution is -2.42. The van der Waals surface area contributed by atoms with E-state index in [-0.39, 0.29) is 11.8 Å². The van der Waals surface area contributed by atoms with Gasteiger partial charge in [0.05, 0.1) is 31.1 Å². The van der Waals surface area contributed by atoms with Crippen molar-refractivity contribution in [3.8, 4) is 0 Å². The van der Waals surface area contributed by atoms with Crippen molar-refractivity contribution in [1.29, 1.82) is 0 Å². The Morgan fingerprint density at radius 2 is 1.96 bits per heavy atom. The Morgan fingerprint density at radius 3 is 2.74 bits per heavy atom. The molecule has 2 aromatic rings. The van der Waals surface area contributed by atoms with Crippen LogP contribution in [0.2, 0.25) is 0 Å². The topological polar surface area (TPSA) is 69.5 Å². The molecule has 0 saturated carbocycles. The molecule has 1 aliphatic carbocycles. The van der Waals surface area contributed by atoms with Crippen LogP contribution < -0.4 is 4.90 Å². The summed E-state index contributed by atoms with van der Waals surface area (Å²) in [5.74, 6) is -2.15. The van der Waals surface area contributed by atoms with Crippen molar-refractivity contribution in [2.75, 3.05) is 24.7 Å². The highest BCUT2D eigenvalue weighted by atomic mass is 19.1. The third-order valence-electron chi connectivity index (χ3n) is 5.02. The van der Waals surface area contributed by atoms with Gasteiger partial charge in [0.2, 0.25) is 0 Å². The molecule has 27 heavy (non-hydrogen) atoms. The van der Waals surface area contributed by atoms with Crippen LogP contribution >= 0.6 is 0 Å². The van der Waals surface area contributed by atoms with Gasteiger partial charge in [0.1, 0.15) is 5.82 Å². The van der Waals surface area contributed by atoms with E-state index < -0.39 is 11.6 Å². The van der Waals surface area contributed by atoms with Crippen molar-refractivity contribution < 1.29 is 18.7 Å². The van der Waals surface area contributed by atoms with Crippen molar-refractivity contribution in [1.82, 2.24) is 15.0 Å². The van der Waals surface area contributed by atoms with Crippen LogP contribution in [0.15, 0.2) is 48.7 Å². The number of halogens is 1. The van der Waals surface area contributed by atoms with Gasteiger partial charge in [-0.1, -0.05) is 29.5 Å². The van der Waals surface area contributed by atoms with Crippen LogP contribution in [0.1, 0.15) is 17.2 Å². The molecule has 3 aliphatic rings. The first-order valence-corrected chi connectivity index (χ1v) is 8.82. The molecule has 0 N–H and O–H groups in total. The minimum atomic E-state index is -1.52. The molecule has 5 rings (SSSR count). The van der Waals surface area contributed by atoms with Gasteiger partial charge in [0.15, 0.2) is 0 Å². The van der Waals surface area contributed by atoms with Gasteiger partial charge in [0, 0.05) is 24.2 Å². The summed E-state index contributed by atoms with van der Waals surface area (Å²) in [5, 5.41) is 8.34. The molecular weight excluding hydrogens is 351 g/mol. The van der Waals surface area contributed by atoms with Crippen molar-refractivity contribution in [2.24, 2.45) is 0 Å². The first-order chi connectivity index (χ1) is 13.2. The molecule has 2 aliphatic heterocycles. The monoisotopic (exact) mass is 368 g/mol. The average Bonchev–Trinajstić information content (AvgIpc) is 3.44. The molecule has 3 heterocycles. The Labute approximate surface area is 154 Å². The molecule has 1 amide bonds. The van der Waals surface area contributed by atoms with Gasteiger partial charge in [-0.15, -0.1) is 5.10 Å². The fourth-order valence-electron chi connectivity index (χ4n) is 3.73. The van der Waals surface area contributed by atoms with Gasteiger partial charge in [-0.3, -0.25) is 9.48 Å². The first kappa shape index (κ1) is 16.3. The van der Waals surface area contributed by atoms with E-state index in [1.807, 2.05) is 30.5 Å². The van der Waals surface area contributed by atoms with Crippen LogP contribution in [-0.4, -0.2) is 40.7 Å². The number of nitrogens with zero attached hydrogens (tertiary/aromatic N) is 4. The summed E-state index contributed by atoms with van der Waals surface area (Å²) in [6, 6.07) is 4.23. The van der Waals surface area contributed by atoms with E-state index >= 15 is 0 Å². The zero-order valence-electron chi connectivity index (χ0n) is 14.4. The molecule has 138 valence electrons. The van der Waals surface area contributed by atoms with Crippen LogP contribution in [0.25, 0.3) is 0 Å². The molecule has 0 radical (unpaired) electrons. The first-order valence-electron chi connectivity index (χ1n) is 8.82. The quantitative estimate of drug-likeness (QED) is 0.824. The zero-order valence-corrected chi connectivity index (χ0v) is 14.4. The summed E-state index contributed by atoms with van der Waals surface area (Å²) >= 11 is 0. The second kappa shape index (κ2) is 6.11. The largest absolute Gasteiger partial charge is 0.336 e. The molecule has 1 aromatic heterocycles. The van der Waals surface area contributed by atoms with Crippen LogP contribution in [-0.2, 0) is 26.6 Å². The number of aromatic nitrogens is 3. The van der Waals surface area contributed by atoms with Crippen LogP contribution in [0.5, 0.6) is 0 Å². The number of carbonyl (C=O) groups is 1. The van der Waals surface area contributed by atoms with E-state index in [4.69, 9.17) is 9.47 Å². The number of benzene rings is 1. The lowest BCUT2D eigenvalue weighted by Gasteiger charge is -2.22. The highest BCUT2D eigenvalue weighted by Gasteiger charge is 2.56. The third kappa shape index (κ3) is 2.52. The fraction of sp³-hybridized carbons (Fsp3) is 0.316. The number of anilines is 1. The number of hydrogen-bond donors (Lipinski definition) is 0. The van der Waals surface area contributed by atoms with Gasteiger partial charge >= 0.3 is 0 Å². The Kier molecular flexibility index (Phi) is 3.70. The molecule has 0 bridgehead atoms. The van der Waals surface area contributed by atoms with E-state index in [2.05, 4.69) is 10.3 Å². The fourth-order valence-corrected chi connectivity index (χ4v) is 3.73. The van der Waals surface area contributed by atoms with Crippen molar-refractivity contribution >= 4 is 11.6 Å². The van der Waals surface area contributed by atoms with Gasteiger partial charge < -0.3 is 14.4 Å². The second-order valence-corrected chi connectivity index (χ2v) is 6.63. The molecule has 1 saturated heterocycles. The Morgan fingerprint density at radius 1 is 1.19 bits per heavy atom. The minimum Gasteiger partial charge on any atom is -0.336 e. The number of ether oxygens (including phenoxy) is 2. The number of carbonyl (C=O) groups excluding carboxylic acids is 1. The smallest absolute Gasteiger partial charge is 0.292 e. The molecule has 0 unspecified atom stereocenters. The Hall–Kier alpha value is -2.84. The molecular formula is C19H17FN4O3. The van der Waals surface area contributed by atoms with Gasteiger partial charge in [-0.2, -0.15) is 0 Å². The van der Waals surface area contributed by atoms with Gasteiger partial charge in [-0.05, 0) is 18.2 Å². The molecule has 7 nitrogen and oxygen atoms in total. The molecule has 1 spiro atoms. The third-order valence-corrected chi connectivity index (χ3v) is 5.02. The lowest BCUT2D eigenvalue weighted by molar-refractivity contribution is -0.180. The Bertz CT molecular complexity index is 950. The van der Waals surface area contributed by atoms with Crippen molar-refractivity contribution in [2.45, 2.75) is 18.2 Å². The molecule has 1 aromatic carbocycles. The number of fused-ring (bicyclic) bond motifs is 2. The number of allylic oxidation sites excluding steroid dienone is 4. The predicted octanol–water partition coefficient (Wildman–Crippen LogP) is 1.87. The van der Waals surface area contributed by atoms with E-state index in [1.165, 1.54) is 12.1 Å². The SMILES string of the molecule is O=C1N(CCn2cc(C3C=CC=C3)nn2)c2ccc(F)cc2C12OCCO2. The summed E-state index contributed by atoms with van der Waals surface area (Å²) in [5.41, 5.74) is 1.88. The number of hydrogen-bond acceptors (Lipinski definition) is 5. The highest BCUT2D eigenvalue weighted by molar-refractivity contribution is 6.06. The summed E-state index contributed by atoms with van der Waals surface area (Å²) in [6.07, 6.45) is 9.91. The number of rotatable bonds is 4. The van der Waals surface area contributed by atoms with Gasteiger partial charge in [0.25, 0.3) is 11.7 Å². The summed E-state index contributed by atoms with van der Waals surface area (Å²) < 4.78 is 26.7.